The summed E-state index contributed by atoms with van der Waals surface area (Å²) < 4.78 is 19.5. The predicted molar refractivity (Wildman–Crippen MR) is 123 cm³/mol. The van der Waals surface area contributed by atoms with E-state index in [1.807, 2.05) is 13.8 Å². The van der Waals surface area contributed by atoms with Gasteiger partial charge in [0.2, 0.25) is 0 Å². The Kier molecular flexibility index (Phi) is 3.88. The summed E-state index contributed by atoms with van der Waals surface area (Å²) in [6.07, 6.45) is 7.71. The van der Waals surface area contributed by atoms with Crippen LogP contribution in [0.15, 0.2) is 24.3 Å². The van der Waals surface area contributed by atoms with Crippen LogP contribution >= 0.6 is 0 Å². The summed E-state index contributed by atoms with van der Waals surface area (Å²) in [4.78, 5) is 2.59. The van der Waals surface area contributed by atoms with E-state index in [1.165, 1.54) is 11.1 Å². The number of nitrogens with zero attached hydrogens (tertiary/aromatic N) is 1. The van der Waals surface area contributed by atoms with E-state index < -0.39 is 16.8 Å². The van der Waals surface area contributed by atoms with Gasteiger partial charge in [-0.25, -0.2) is 0 Å². The fourth-order valence-corrected chi connectivity index (χ4v) is 9.37. The quantitative estimate of drug-likeness (QED) is 0.718. The molecule has 1 N–H and O–H groups in total. The van der Waals surface area contributed by atoms with Crippen LogP contribution in [-0.2, 0) is 10.2 Å². The van der Waals surface area contributed by atoms with Crippen molar-refractivity contribution in [1.29, 1.82) is 0 Å². The second-order valence-corrected chi connectivity index (χ2v) is 11.6. The topological polar surface area (TPSA) is 51.2 Å². The van der Waals surface area contributed by atoms with Gasteiger partial charge in [-0.2, -0.15) is 0 Å². The minimum absolute atomic E-state index is 0.0866. The molecule has 0 amide bonds. The van der Waals surface area contributed by atoms with Crippen LogP contribution in [0.3, 0.4) is 0 Å². The fraction of sp³-hybridized carbons (Fsp3) is 0.704. The lowest BCUT2D eigenvalue weighted by molar-refractivity contribution is -0.285. The molecule has 2 heterocycles. The summed E-state index contributed by atoms with van der Waals surface area (Å²) in [7, 11) is 5.81. The maximum Gasteiger partial charge on any atom is 0.166 e. The van der Waals surface area contributed by atoms with Crippen molar-refractivity contribution in [2.45, 2.75) is 81.1 Å². The lowest BCUT2D eigenvalue weighted by Crippen LogP contribution is -2.85. The summed E-state index contributed by atoms with van der Waals surface area (Å²) in [5.74, 6) is 2.03. The number of aliphatic hydroxyl groups is 1. The van der Waals surface area contributed by atoms with Crippen LogP contribution < -0.4 is 9.47 Å². The fourth-order valence-electron chi connectivity index (χ4n) is 9.37. The first-order valence-electron chi connectivity index (χ1n) is 12.2. The molecule has 1 saturated carbocycles. The van der Waals surface area contributed by atoms with Gasteiger partial charge >= 0.3 is 0 Å². The van der Waals surface area contributed by atoms with Crippen molar-refractivity contribution in [3.05, 3.63) is 35.4 Å². The normalized spacial score (nSPS) is 45.6. The number of ether oxygens (including phenoxy) is 3. The molecule has 7 rings (SSSR count). The number of hydrogen-bond acceptors (Lipinski definition) is 5. The van der Waals surface area contributed by atoms with E-state index >= 15 is 0 Å². The van der Waals surface area contributed by atoms with Crippen molar-refractivity contribution in [1.82, 2.24) is 4.90 Å². The van der Waals surface area contributed by atoms with Crippen LogP contribution in [0.2, 0.25) is 0 Å². The molecule has 1 aromatic carbocycles. The molecule has 0 unspecified atom stereocenters. The third kappa shape index (κ3) is 1.82. The van der Waals surface area contributed by atoms with Crippen molar-refractivity contribution in [2.24, 2.45) is 11.3 Å². The number of benzene rings is 1. The molecule has 1 aromatic rings. The van der Waals surface area contributed by atoms with Gasteiger partial charge in [0.15, 0.2) is 11.5 Å². The van der Waals surface area contributed by atoms with Gasteiger partial charge in [-0.1, -0.05) is 25.1 Å². The number of methoxy groups -OCH3 is 2. The lowest BCUT2D eigenvalue weighted by Gasteiger charge is -2.76. The second-order valence-electron chi connectivity index (χ2n) is 11.6. The van der Waals surface area contributed by atoms with Gasteiger partial charge in [-0.15, -0.1) is 0 Å². The third-order valence-corrected chi connectivity index (χ3v) is 10.4. The Bertz CT molecular complexity index is 1030. The van der Waals surface area contributed by atoms with Gasteiger partial charge < -0.3 is 24.2 Å². The SMILES string of the molecule is CC[C@H]1c2ccc(OC)c3c2[C@]24CCN(C)[C@@H]1[C@]21C=C[C@@](OC)([C@@H](C(C)(C)O)C1)[C@]4(C)O3. The van der Waals surface area contributed by atoms with E-state index in [4.69, 9.17) is 14.2 Å². The molecule has 6 aliphatic rings. The number of rotatable bonds is 4. The molecule has 0 aromatic heterocycles. The van der Waals surface area contributed by atoms with E-state index in [9.17, 15) is 5.11 Å². The van der Waals surface area contributed by atoms with Crippen LogP contribution in [0.4, 0.5) is 0 Å². The third-order valence-electron chi connectivity index (χ3n) is 10.4. The molecule has 1 saturated heterocycles. The molecule has 4 aliphatic carbocycles. The zero-order valence-corrected chi connectivity index (χ0v) is 20.5. The van der Waals surface area contributed by atoms with Gasteiger partial charge in [0, 0.05) is 36.0 Å². The van der Waals surface area contributed by atoms with E-state index in [1.54, 1.807) is 14.2 Å². The maximum atomic E-state index is 11.5. The van der Waals surface area contributed by atoms with Crippen molar-refractivity contribution in [3.63, 3.8) is 0 Å². The minimum Gasteiger partial charge on any atom is -0.493 e. The Labute approximate surface area is 191 Å². The molecule has 2 fully saturated rings. The highest BCUT2D eigenvalue weighted by Gasteiger charge is 2.85. The Morgan fingerprint density at radius 1 is 1.25 bits per heavy atom. The molecule has 5 heteroatoms. The summed E-state index contributed by atoms with van der Waals surface area (Å²) >= 11 is 0. The van der Waals surface area contributed by atoms with Crippen LogP contribution in [-0.4, -0.2) is 60.7 Å². The average Bonchev–Trinajstić information content (AvgIpc) is 3.05. The summed E-state index contributed by atoms with van der Waals surface area (Å²) in [5.41, 5.74) is 0.149. The standard InChI is InChI=1S/C27H37NO4/c1-8-16-17-9-10-18(30-6)21-20(17)26-13-14-28(5)22(16)25(26)11-12-27(31-7,24(26,4)32-21)19(15-25)23(2,3)29/h9-12,16,19,22,29H,8,13-15H2,1-7H3/t16-,19+,22-,24+,25+,26-,27+/m0/s1. The number of likely N-dealkylation sites (tertiary alicyclic amines) is 1. The number of likely N-dealkylation sites (N-methyl/N-ethyl adjacent to an activating group) is 1. The highest BCUT2D eigenvalue weighted by molar-refractivity contribution is 5.68. The summed E-state index contributed by atoms with van der Waals surface area (Å²) in [6.45, 7) is 9.47. The van der Waals surface area contributed by atoms with Gasteiger partial charge in [0.1, 0.15) is 11.2 Å². The lowest BCUT2D eigenvalue weighted by atomic mass is 9.31. The molecule has 7 atom stereocenters. The summed E-state index contributed by atoms with van der Waals surface area (Å²) in [5, 5.41) is 11.5. The largest absolute Gasteiger partial charge is 0.493 e. The Morgan fingerprint density at radius 3 is 2.62 bits per heavy atom. The zero-order chi connectivity index (χ0) is 22.9. The van der Waals surface area contributed by atoms with Crippen molar-refractivity contribution >= 4 is 0 Å². The van der Waals surface area contributed by atoms with Gasteiger partial charge in [0.05, 0.1) is 18.1 Å². The first-order chi connectivity index (χ1) is 15.1. The van der Waals surface area contributed by atoms with Crippen molar-refractivity contribution in [2.75, 3.05) is 27.8 Å². The molecular weight excluding hydrogens is 402 g/mol. The highest BCUT2D eigenvalue weighted by atomic mass is 16.6. The van der Waals surface area contributed by atoms with Crippen LogP contribution in [0, 0.1) is 11.3 Å². The smallest absolute Gasteiger partial charge is 0.166 e. The van der Waals surface area contributed by atoms with E-state index in [-0.39, 0.29) is 16.7 Å². The first-order valence-corrected chi connectivity index (χ1v) is 12.2. The van der Waals surface area contributed by atoms with Crippen molar-refractivity contribution in [3.8, 4) is 11.5 Å². The minimum atomic E-state index is -0.907. The molecule has 174 valence electrons. The Hall–Kier alpha value is -1.56. The molecule has 2 aliphatic heterocycles. The molecular formula is C27H37NO4. The molecule has 4 bridgehead atoms. The Morgan fingerprint density at radius 2 is 2.00 bits per heavy atom. The predicted octanol–water partition coefficient (Wildman–Crippen LogP) is 4.03. The van der Waals surface area contributed by atoms with Gasteiger partial charge in [-0.05, 0) is 65.3 Å². The van der Waals surface area contributed by atoms with Crippen molar-refractivity contribution < 1.29 is 19.3 Å². The second kappa shape index (κ2) is 5.92. The van der Waals surface area contributed by atoms with Crippen LogP contribution in [0.5, 0.6) is 11.5 Å². The van der Waals surface area contributed by atoms with E-state index in [0.29, 0.717) is 12.0 Å². The summed E-state index contributed by atoms with van der Waals surface area (Å²) in [6, 6.07) is 4.73. The highest BCUT2D eigenvalue weighted by Crippen LogP contribution is 2.80. The van der Waals surface area contributed by atoms with Crippen LogP contribution in [0.25, 0.3) is 0 Å². The van der Waals surface area contributed by atoms with E-state index in [0.717, 1.165) is 37.3 Å². The first kappa shape index (κ1) is 21.0. The number of piperidine rings is 1. The van der Waals surface area contributed by atoms with E-state index in [2.05, 4.69) is 50.1 Å². The molecule has 32 heavy (non-hydrogen) atoms. The molecule has 0 radical (unpaired) electrons. The number of hydrogen-bond donors (Lipinski definition) is 1. The maximum absolute atomic E-state index is 11.5. The van der Waals surface area contributed by atoms with Gasteiger partial charge in [-0.3, -0.25) is 0 Å². The zero-order valence-electron chi connectivity index (χ0n) is 20.5. The van der Waals surface area contributed by atoms with Gasteiger partial charge in [0.25, 0.3) is 0 Å². The Balaban J connectivity index is 1.78. The molecule has 5 nitrogen and oxygen atoms in total. The van der Waals surface area contributed by atoms with Crippen LogP contribution in [0.1, 0.15) is 64.0 Å². The average molecular weight is 440 g/mol. The monoisotopic (exact) mass is 439 g/mol. The molecule has 2 spiro atoms. The number of fused-ring (bicyclic) bond motifs is 1.